The molecule has 3 aromatic rings. The van der Waals surface area contributed by atoms with Gasteiger partial charge in [-0.15, -0.1) is 0 Å². The summed E-state index contributed by atoms with van der Waals surface area (Å²) in [7, 11) is 0. The zero-order valence-corrected chi connectivity index (χ0v) is 16.3. The molecule has 0 atom stereocenters. The lowest BCUT2D eigenvalue weighted by Gasteiger charge is -2.10. The minimum Gasteiger partial charge on any atom is -0.355 e. The Kier molecular flexibility index (Phi) is 6.48. The van der Waals surface area contributed by atoms with E-state index in [0.29, 0.717) is 5.76 Å². The molecule has 3 amide bonds. The largest absolute Gasteiger partial charge is 0.355 e. The first kappa shape index (κ1) is 20.4. The number of halogens is 2. The van der Waals surface area contributed by atoms with E-state index in [2.05, 4.69) is 21.3 Å². The quantitative estimate of drug-likeness (QED) is 0.536. The van der Waals surface area contributed by atoms with Crippen molar-refractivity contribution in [1.29, 1.82) is 0 Å². The lowest BCUT2D eigenvalue weighted by molar-refractivity contribution is -0.120. The van der Waals surface area contributed by atoms with Gasteiger partial charge in [0.25, 0.3) is 17.7 Å². The van der Waals surface area contributed by atoms with Gasteiger partial charge in [0, 0.05) is 11.6 Å². The summed E-state index contributed by atoms with van der Waals surface area (Å²) in [5.74, 6) is -1.54. The molecule has 148 valence electrons. The fraction of sp³-hybridized carbons (Fsp3) is 0.0526. The van der Waals surface area contributed by atoms with Gasteiger partial charge in [-0.2, -0.15) is 0 Å². The second-order valence-electron chi connectivity index (χ2n) is 5.72. The molecule has 3 N–H and O–H groups in total. The lowest BCUT2D eigenvalue weighted by atomic mass is 10.1. The van der Waals surface area contributed by atoms with Gasteiger partial charge in [0.2, 0.25) is 0 Å². The normalized spacial score (nSPS) is 10.3. The minimum absolute atomic E-state index is 0.0172. The molecule has 0 saturated carbocycles. The Balaban J connectivity index is 1.50. The highest BCUT2D eigenvalue weighted by molar-refractivity contribution is 6.39. The third-order valence-electron chi connectivity index (χ3n) is 3.72. The van der Waals surface area contributed by atoms with Gasteiger partial charge in [-0.25, -0.2) is 0 Å². The molecule has 0 aliphatic heterocycles. The number of hydrogen-bond acceptors (Lipinski definition) is 5. The Morgan fingerprint density at radius 2 is 1.59 bits per heavy atom. The fourth-order valence-electron chi connectivity index (χ4n) is 2.32. The molecular formula is C19H14Cl2N4O4. The molecule has 0 unspecified atom stereocenters. The Hall–Kier alpha value is -3.36. The van der Waals surface area contributed by atoms with E-state index in [0.717, 1.165) is 5.56 Å². The molecule has 0 spiro atoms. The number of nitrogens with zero attached hydrogens (tertiary/aromatic N) is 1. The summed E-state index contributed by atoms with van der Waals surface area (Å²) in [6, 6.07) is 15.2. The van der Waals surface area contributed by atoms with Crippen molar-refractivity contribution in [2.45, 2.75) is 0 Å². The van der Waals surface area contributed by atoms with Gasteiger partial charge < -0.3 is 9.84 Å². The van der Waals surface area contributed by atoms with E-state index >= 15 is 0 Å². The van der Waals surface area contributed by atoms with Crippen molar-refractivity contribution in [2.24, 2.45) is 0 Å². The second kappa shape index (κ2) is 9.22. The van der Waals surface area contributed by atoms with Crippen molar-refractivity contribution >= 4 is 40.9 Å². The fourth-order valence-corrected chi connectivity index (χ4v) is 2.89. The van der Waals surface area contributed by atoms with E-state index in [1.54, 1.807) is 6.07 Å². The summed E-state index contributed by atoms with van der Waals surface area (Å²) in [6.45, 7) is -0.400. The van der Waals surface area contributed by atoms with Crippen molar-refractivity contribution in [3.05, 3.63) is 75.9 Å². The molecule has 1 aromatic heterocycles. The van der Waals surface area contributed by atoms with E-state index in [1.807, 2.05) is 30.3 Å². The Morgan fingerprint density at radius 3 is 2.28 bits per heavy atom. The number of nitrogens with one attached hydrogen (secondary N) is 3. The topological polar surface area (TPSA) is 113 Å². The summed E-state index contributed by atoms with van der Waals surface area (Å²) in [5, 5.41) is 6.33. The van der Waals surface area contributed by atoms with Gasteiger partial charge >= 0.3 is 0 Å². The molecule has 0 fully saturated rings. The molecular weight excluding hydrogens is 419 g/mol. The molecule has 2 aromatic carbocycles. The zero-order valence-electron chi connectivity index (χ0n) is 14.7. The van der Waals surface area contributed by atoms with Crippen LogP contribution in [0.1, 0.15) is 20.8 Å². The summed E-state index contributed by atoms with van der Waals surface area (Å²) < 4.78 is 5.14. The SMILES string of the molecule is O=C(CNC(=O)c1cc(-c2ccccc2)on1)NNC(=O)c1c(Cl)cccc1Cl. The molecule has 8 nitrogen and oxygen atoms in total. The number of amides is 3. The number of aromatic nitrogens is 1. The summed E-state index contributed by atoms with van der Waals surface area (Å²) in [5.41, 5.74) is 5.14. The van der Waals surface area contributed by atoms with Crippen LogP contribution in [0.15, 0.2) is 59.1 Å². The van der Waals surface area contributed by atoms with Crippen LogP contribution in [0.4, 0.5) is 0 Å². The highest BCUT2D eigenvalue weighted by Crippen LogP contribution is 2.23. The number of rotatable bonds is 5. The molecule has 0 aliphatic rings. The number of hydrazine groups is 1. The summed E-state index contributed by atoms with van der Waals surface area (Å²) in [4.78, 5) is 36.1. The maximum Gasteiger partial charge on any atom is 0.273 e. The number of benzene rings is 2. The summed E-state index contributed by atoms with van der Waals surface area (Å²) in [6.07, 6.45) is 0. The van der Waals surface area contributed by atoms with E-state index in [4.69, 9.17) is 27.7 Å². The van der Waals surface area contributed by atoms with Gasteiger partial charge in [-0.1, -0.05) is 64.8 Å². The summed E-state index contributed by atoms with van der Waals surface area (Å²) >= 11 is 11.9. The molecule has 0 aliphatic carbocycles. The second-order valence-corrected chi connectivity index (χ2v) is 6.54. The van der Waals surface area contributed by atoms with Gasteiger partial charge in [-0.3, -0.25) is 25.2 Å². The van der Waals surface area contributed by atoms with E-state index in [1.165, 1.54) is 18.2 Å². The average Bonchev–Trinajstić information content (AvgIpc) is 3.21. The zero-order chi connectivity index (χ0) is 20.8. The molecule has 1 heterocycles. The first-order valence-corrected chi connectivity index (χ1v) is 9.05. The number of hydrogen-bond donors (Lipinski definition) is 3. The maximum absolute atomic E-state index is 12.1. The van der Waals surface area contributed by atoms with Crippen molar-refractivity contribution < 1.29 is 18.9 Å². The van der Waals surface area contributed by atoms with Crippen molar-refractivity contribution in [3.8, 4) is 11.3 Å². The maximum atomic E-state index is 12.1. The van der Waals surface area contributed by atoms with Crippen LogP contribution in [0.25, 0.3) is 11.3 Å². The Labute approximate surface area is 175 Å². The average molecular weight is 433 g/mol. The van der Waals surface area contributed by atoms with Crippen LogP contribution < -0.4 is 16.2 Å². The molecule has 0 bridgehead atoms. The molecule has 10 heteroatoms. The molecule has 3 rings (SSSR count). The van der Waals surface area contributed by atoms with Crippen molar-refractivity contribution in [2.75, 3.05) is 6.54 Å². The third kappa shape index (κ3) is 5.13. The first-order chi connectivity index (χ1) is 14.0. The van der Waals surface area contributed by atoms with E-state index in [9.17, 15) is 14.4 Å². The number of carbonyl (C=O) groups excluding carboxylic acids is 3. The van der Waals surface area contributed by atoms with Crippen LogP contribution in [0.5, 0.6) is 0 Å². The van der Waals surface area contributed by atoms with Crippen molar-refractivity contribution in [3.63, 3.8) is 0 Å². The molecule has 0 saturated heterocycles. The van der Waals surface area contributed by atoms with Gasteiger partial charge in [0.15, 0.2) is 11.5 Å². The van der Waals surface area contributed by atoms with E-state index < -0.39 is 24.3 Å². The van der Waals surface area contributed by atoms with Crippen LogP contribution in [-0.2, 0) is 4.79 Å². The van der Waals surface area contributed by atoms with Crippen molar-refractivity contribution in [1.82, 2.24) is 21.3 Å². The standard InChI is InChI=1S/C19H14Cl2N4O4/c20-12-7-4-8-13(21)17(12)19(28)24-23-16(26)10-22-18(27)14-9-15(29-25-14)11-5-2-1-3-6-11/h1-9H,10H2,(H,22,27)(H,23,26)(H,24,28). The number of carbonyl (C=O) groups is 3. The van der Waals surface area contributed by atoms with Gasteiger partial charge in [0.1, 0.15) is 0 Å². The molecule has 29 heavy (non-hydrogen) atoms. The monoisotopic (exact) mass is 432 g/mol. The first-order valence-electron chi connectivity index (χ1n) is 8.29. The van der Waals surface area contributed by atoms with Crippen LogP contribution in [-0.4, -0.2) is 29.4 Å². The van der Waals surface area contributed by atoms with Crippen LogP contribution in [0, 0.1) is 0 Å². The predicted octanol–water partition coefficient (Wildman–Crippen LogP) is 2.84. The minimum atomic E-state index is -0.690. The highest BCUT2D eigenvalue weighted by Gasteiger charge is 2.17. The highest BCUT2D eigenvalue weighted by atomic mass is 35.5. The van der Waals surface area contributed by atoms with Crippen LogP contribution in [0.2, 0.25) is 10.0 Å². The van der Waals surface area contributed by atoms with Gasteiger partial charge in [0.05, 0.1) is 22.2 Å². The lowest BCUT2D eigenvalue weighted by Crippen LogP contribution is -2.46. The van der Waals surface area contributed by atoms with Crippen LogP contribution in [0.3, 0.4) is 0 Å². The predicted molar refractivity (Wildman–Crippen MR) is 106 cm³/mol. The van der Waals surface area contributed by atoms with Gasteiger partial charge in [-0.05, 0) is 12.1 Å². The Morgan fingerprint density at radius 1 is 0.897 bits per heavy atom. The van der Waals surface area contributed by atoms with E-state index in [-0.39, 0.29) is 21.3 Å². The molecule has 0 radical (unpaired) electrons. The Bertz CT molecular complexity index is 1030. The smallest absolute Gasteiger partial charge is 0.273 e. The van der Waals surface area contributed by atoms with Crippen LogP contribution >= 0.6 is 23.2 Å². The third-order valence-corrected chi connectivity index (χ3v) is 4.35.